The molecule has 3 aliphatic rings. The fraction of sp³-hybridized carbons (Fsp3) is 1.00. The number of piperidine rings is 1. The molecule has 1 aliphatic heterocycles. The molecule has 2 nitrogen and oxygen atoms in total. The fourth-order valence-corrected chi connectivity index (χ4v) is 4.95. The van der Waals surface area contributed by atoms with Gasteiger partial charge in [-0.1, -0.05) is 19.8 Å². The number of rotatable bonds is 1. The Kier molecular flexibility index (Phi) is 3.68. The van der Waals surface area contributed by atoms with E-state index in [0.717, 1.165) is 18.8 Å². The van der Waals surface area contributed by atoms with Gasteiger partial charge in [-0.05, 0) is 62.8 Å². The van der Waals surface area contributed by atoms with Crippen molar-refractivity contribution in [2.45, 2.75) is 76.9 Å². The Morgan fingerprint density at radius 2 is 1.83 bits per heavy atom. The van der Waals surface area contributed by atoms with E-state index in [-0.39, 0.29) is 6.10 Å². The van der Waals surface area contributed by atoms with Crippen LogP contribution in [0.15, 0.2) is 0 Å². The van der Waals surface area contributed by atoms with Crippen LogP contribution in [0.4, 0.5) is 0 Å². The van der Waals surface area contributed by atoms with Crippen LogP contribution in [-0.4, -0.2) is 35.2 Å². The topological polar surface area (TPSA) is 23.5 Å². The van der Waals surface area contributed by atoms with E-state index >= 15 is 0 Å². The number of aliphatic hydroxyl groups is 1. The number of likely N-dealkylation sites (tertiary alicyclic amines) is 1. The lowest BCUT2D eigenvalue weighted by Crippen LogP contribution is -2.54. The smallest absolute Gasteiger partial charge is 0.0555 e. The van der Waals surface area contributed by atoms with Crippen LogP contribution in [0.5, 0.6) is 0 Å². The van der Waals surface area contributed by atoms with Crippen LogP contribution < -0.4 is 0 Å². The lowest BCUT2D eigenvalue weighted by Gasteiger charge is -2.50. The molecule has 0 bridgehead atoms. The highest BCUT2D eigenvalue weighted by atomic mass is 16.3. The van der Waals surface area contributed by atoms with E-state index in [1.807, 2.05) is 0 Å². The molecule has 104 valence electrons. The first-order chi connectivity index (χ1) is 8.70. The standard InChI is InChI=1S/C16H29NO/c1-13-5-4-10-17(12-13)15-11-14(18)6-9-16(15)7-2-3-8-16/h13-15,18H,2-12H2,1H3. The van der Waals surface area contributed by atoms with Crippen molar-refractivity contribution in [1.29, 1.82) is 0 Å². The van der Waals surface area contributed by atoms with Crippen molar-refractivity contribution in [1.82, 2.24) is 4.90 Å². The Morgan fingerprint density at radius 1 is 1.06 bits per heavy atom. The molecule has 2 aliphatic carbocycles. The van der Waals surface area contributed by atoms with Crippen molar-refractivity contribution in [3.8, 4) is 0 Å². The Bertz CT molecular complexity index is 285. The molecule has 0 aromatic carbocycles. The molecule has 0 aromatic heterocycles. The molecule has 1 saturated heterocycles. The normalized spacial score (nSPS) is 41.3. The third-order valence-electron chi connectivity index (χ3n) is 5.91. The van der Waals surface area contributed by atoms with Crippen LogP contribution in [0.3, 0.4) is 0 Å². The van der Waals surface area contributed by atoms with E-state index in [2.05, 4.69) is 11.8 Å². The van der Waals surface area contributed by atoms with Gasteiger partial charge in [-0.25, -0.2) is 0 Å². The highest BCUT2D eigenvalue weighted by Crippen LogP contribution is 2.51. The molecule has 2 saturated carbocycles. The summed E-state index contributed by atoms with van der Waals surface area (Å²) in [5.74, 6) is 0.858. The maximum absolute atomic E-state index is 10.1. The van der Waals surface area contributed by atoms with Crippen LogP contribution in [0.25, 0.3) is 0 Å². The van der Waals surface area contributed by atoms with E-state index in [1.165, 1.54) is 58.0 Å². The van der Waals surface area contributed by atoms with Crippen molar-refractivity contribution >= 4 is 0 Å². The van der Waals surface area contributed by atoms with Gasteiger partial charge in [-0.2, -0.15) is 0 Å². The minimum atomic E-state index is -0.0292. The summed E-state index contributed by atoms with van der Waals surface area (Å²) in [5, 5.41) is 10.1. The highest BCUT2D eigenvalue weighted by molar-refractivity contribution is 5.01. The van der Waals surface area contributed by atoms with Gasteiger partial charge in [-0.15, -0.1) is 0 Å². The first-order valence-electron chi connectivity index (χ1n) is 8.12. The third kappa shape index (κ3) is 2.34. The van der Waals surface area contributed by atoms with E-state index in [9.17, 15) is 5.11 Å². The molecular formula is C16H29NO. The van der Waals surface area contributed by atoms with Crippen LogP contribution in [-0.2, 0) is 0 Å². The number of aliphatic hydroxyl groups excluding tert-OH is 1. The van der Waals surface area contributed by atoms with Crippen molar-refractivity contribution in [2.24, 2.45) is 11.3 Å². The first kappa shape index (κ1) is 12.9. The summed E-state index contributed by atoms with van der Waals surface area (Å²) in [4.78, 5) is 2.75. The van der Waals surface area contributed by atoms with Gasteiger partial charge in [0.2, 0.25) is 0 Å². The average molecular weight is 251 g/mol. The van der Waals surface area contributed by atoms with Crippen molar-refractivity contribution in [3.05, 3.63) is 0 Å². The summed E-state index contributed by atoms with van der Waals surface area (Å²) >= 11 is 0. The van der Waals surface area contributed by atoms with Gasteiger partial charge in [0, 0.05) is 12.6 Å². The summed E-state index contributed by atoms with van der Waals surface area (Å²) in [6.07, 6.45) is 11.8. The highest BCUT2D eigenvalue weighted by Gasteiger charge is 2.47. The van der Waals surface area contributed by atoms with Crippen molar-refractivity contribution < 1.29 is 5.11 Å². The number of hydrogen-bond donors (Lipinski definition) is 1. The monoisotopic (exact) mass is 251 g/mol. The molecule has 2 heteroatoms. The van der Waals surface area contributed by atoms with Gasteiger partial charge in [0.25, 0.3) is 0 Å². The third-order valence-corrected chi connectivity index (χ3v) is 5.91. The summed E-state index contributed by atoms with van der Waals surface area (Å²) < 4.78 is 0. The maximum atomic E-state index is 10.1. The fourth-order valence-electron chi connectivity index (χ4n) is 4.95. The van der Waals surface area contributed by atoms with Gasteiger partial charge >= 0.3 is 0 Å². The van der Waals surface area contributed by atoms with Gasteiger partial charge < -0.3 is 5.11 Å². The second kappa shape index (κ2) is 5.13. The first-order valence-corrected chi connectivity index (χ1v) is 8.12. The Labute approximate surface area is 112 Å². The zero-order valence-electron chi connectivity index (χ0n) is 11.9. The minimum absolute atomic E-state index is 0.0292. The molecule has 3 atom stereocenters. The maximum Gasteiger partial charge on any atom is 0.0555 e. The van der Waals surface area contributed by atoms with Gasteiger partial charge in [0.05, 0.1) is 6.10 Å². The predicted octanol–water partition coefficient (Wildman–Crippen LogP) is 3.19. The molecule has 3 rings (SSSR count). The van der Waals surface area contributed by atoms with Crippen LogP contribution >= 0.6 is 0 Å². The molecule has 18 heavy (non-hydrogen) atoms. The lowest BCUT2D eigenvalue weighted by molar-refractivity contribution is -0.0394. The molecule has 1 N–H and O–H groups in total. The molecule has 3 unspecified atom stereocenters. The predicted molar refractivity (Wildman–Crippen MR) is 74.5 cm³/mol. The molecular weight excluding hydrogens is 222 g/mol. The lowest BCUT2D eigenvalue weighted by atomic mass is 9.67. The molecule has 3 fully saturated rings. The Morgan fingerprint density at radius 3 is 2.56 bits per heavy atom. The van der Waals surface area contributed by atoms with Crippen molar-refractivity contribution in [2.75, 3.05) is 13.1 Å². The van der Waals surface area contributed by atoms with Gasteiger partial charge in [-0.3, -0.25) is 4.90 Å². The van der Waals surface area contributed by atoms with Crippen LogP contribution in [0.2, 0.25) is 0 Å². The second-order valence-corrected chi connectivity index (χ2v) is 7.26. The SMILES string of the molecule is CC1CCCN(C2CC(O)CCC23CCCC3)C1. The zero-order valence-corrected chi connectivity index (χ0v) is 11.9. The number of nitrogens with zero attached hydrogens (tertiary/aromatic N) is 1. The van der Waals surface area contributed by atoms with Gasteiger partial charge in [0.15, 0.2) is 0 Å². The zero-order chi connectivity index (χ0) is 12.6. The van der Waals surface area contributed by atoms with Crippen LogP contribution in [0, 0.1) is 11.3 Å². The molecule has 1 spiro atoms. The molecule has 0 aromatic rings. The molecule has 0 radical (unpaired) electrons. The summed E-state index contributed by atoms with van der Waals surface area (Å²) in [7, 11) is 0. The molecule has 1 heterocycles. The quantitative estimate of drug-likeness (QED) is 0.773. The largest absolute Gasteiger partial charge is 0.393 e. The Balaban J connectivity index is 1.76. The van der Waals surface area contributed by atoms with Crippen molar-refractivity contribution in [3.63, 3.8) is 0 Å². The average Bonchev–Trinajstić information content (AvgIpc) is 2.82. The van der Waals surface area contributed by atoms with E-state index in [0.29, 0.717) is 11.5 Å². The summed E-state index contributed by atoms with van der Waals surface area (Å²) in [6, 6.07) is 0.687. The van der Waals surface area contributed by atoms with Crippen LogP contribution in [0.1, 0.15) is 64.7 Å². The minimum Gasteiger partial charge on any atom is -0.393 e. The second-order valence-electron chi connectivity index (χ2n) is 7.26. The molecule has 0 amide bonds. The Hall–Kier alpha value is -0.0800. The number of hydrogen-bond acceptors (Lipinski definition) is 2. The van der Waals surface area contributed by atoms with E-state index in [4.69, 9.17) is 0 Å². The summed E-state index contributed by atoms with van der Waals surface area (Å²) in [6.45, 7) is 4.95. The summed E-state index contributed by atoms with van der Waals surface area (Å²) in [5.41, 5.74) is 0.580. The van der Waals surface area contributed by atoms with Gasteiger partial charge in [0.1, 0.15) is 0 Å². The van der Waals surface area contributed by atoms with E-state index < -0.39 is 0 Å². The van der Waals surface area contributed by atoms with E-state index in [1.54, 1.807) is 0 Å².